The lowest BCUT2D eigenvalue weighted by atomic mass is 9.37. The third-order valence-corrected chi connectivity index (χ3v) is 15.2. The topological polar surface area (TPSA) is 108 Å². The van der Waals surface area contributed by atoms with Gasteiger partial charge in [0.25, 0.3) is 0 Å². The summed E-state index contributed by atoms with van der Waals surface area (Å²) >= 11 is 0. The Kier molecular flexibility index (Phi) is 6.58. The summed E-state index contributed by atoms with van der Waals surface area (Å²) in [6, 6.07) is 0. The molecule has 6 bridgehead atoms. The summed E-state index contributed by atoms with van der Waals surface area (Å²) < 4.78 is 0. The molecular formula is C31H45N3O3S2. The first-order valence-electron chi connectivity index (χ1n) is 15.4. The number of nitrogens with two attached hydrogens (primary N) is 1. The quantitative estimate of drug-likeness (QED) is 0.291. The van der Waals surface area contributed by atoms with Crippen LogP contribution in [0.3, 0.4) is 0 Å². The van der Waals surface area contributed by atoms with E-state index in [-0.39, 0.29) is 46.8 Å². The number of hydrogen-bond donors (Lipinski definition) is 4. The average molecular weight is 572 g/mol. The minimum atomic E-state index is -0.168. The fourth-order valence-electron chi connectivity index (χ4n) is 11.3. The first-order chi connectivity index (χ1) is 18.9. The van der Waals surface area contributed by atoms with E-state index < -0.39 is 0 Å². The fourth-order valence-corrected chi connectivity index (χ4v) is 14.2. The summed E-state index contributed by atoms with van der Waals surface area (Å²) in [6.07, 6.45) is 14.6. The van der Waals surface area contributed by atoms with E-state index in [0.717, 1.165) is 82.3 Å². The molecule has 8 heteroatoms. The molecule has 7 aliphatic rings. The number of fused-ring (bicyclic) bond motifs is 2. The second kappa shape index (κ2) is 9.53. The van der Waals surface area contributed by atoms with Crippen molar-refractivity contribution in [2.45, 2.75) is 76.7 Å². The van der Waals surface area contributed by atoms with Gasteiger partial charge in [-0.25, -0.2) is 0 Å². The van der Waals surface area contributed by atoms with Crippen LogP contribution >= 0.6 is 21.6 Å². The molecule has 0 aromatic rings. The number of allylic oxidation sites excluding steroid dienone is 4. The molecule has 2 aliphatic heterocycles. The standard InChI is InChI=1S/C31H45N3O3S2/c1-28-12-15-38-39-18-30(11-13-33-27(32)34-30)9-2-5-21-24-20-8-10-29(17-36,16-23(20)28)26-19(4-3-14-35)6-7-22(25(21)37)31(24,26)28/h6-7,19-20,22-23,26,35-36H,2-5,8-18H2,1H3,(H3,32,33,34). The van der Waals surface area contributed by atoms with E-state index in [2.05, 4.69) is 29.4 Å². The first kappa shape index (κ1) is 26.9. The SMILES string of the molecule is CC12CCSSCC3(CCCC4=C5C6CCC(CO)(CC61)C1C(CCCO)C=CC(C4=O)C512)CCN=C(N)N3. The molecule has 3 fully saturated rings. The van der Waals surface area contributed by atoms with Crippen molar-refractivity contribution in [3.63, 3.8) is 0 Å². The van der Waals surface area contributed by atoms with Gasteiger partial charge in [-0.3, -0.25) is 9.79 Å². The highest BCUT2D eigenvalue weighted by Gasteiger charge is 2.81. The number of aliphatic imine (C=N–C) groups is 1. The van der Waals surface area contributed by atoms with Gasteiger partial charge in [-0.2, -0.15) is 0 Å². The molecule has 6 nitrogen and oxygen atoms in total. The number of ketones is 1. The van der Waals surface area contributed by atoms with Crippen LogP contribution in [0, 0.1) is 45.8 Å². The minimum Gasteiger partial charge on any atom is -0.396 e. The molecule has 2 spiro atoms. The highest BCUT2D eigenvalue weighted by molar-refractivity contribution is 8.76. The zero-order valence-corrected chi connectivity index (χ0v) is 24.9. The Balaban J connectivity index is 1.37. The second-order valence-corrected chi connectivity index (χ2v) is 16.6. The van der Waals surface area contributed by atoms with Crippen molar-refractivity contribution in [2.24, 2.45) is 56.6 Å². The smallest absolute Gasteiger partial charge is 0.189 e. The van der Waals surface area contributed by atoms with Crippen LogP contribution in [-0.4, -0.2) is 58.8 Å². The molecule has 7 rings (SSSR count). The lowest BCUT2D eigenvalue weighted by Gasteiger charge is -2.66. The maximum absolute atomic E-state index is 14.5. The molecule has 0 amide bonds. The van der Waals surface area contributed by atoms with Gasteiger partial charge in [0.2, 0.25) is 0 Å². The molecule has 0 saturated heterocycles. The molecule has 9 atom stereocenters. The van der Waals surface area contributed by atoms with Crippen molar-refractivity contribution in [1.82, 2.24) is 5.32 Å². The highest BCUT2D eigenvalue weighted by Crippen LogP contribution is 2.85. The number of aliphatic hydroxyl groups is 2. The molecule has 39 heavy (non-hydrogen) atoms. The number of Topliss-reactive ketones (excluding diaryl/α,β-unsaturated/α-hetero) is 1. The number of guanidine groups is 1. The van der Waals surface area contributed by atoms with Gasteiger partial charge in [-0.15, -0.1) is 0 Å². The van der Waals surface area contributed by atoms with Gasteiger partial charge < -0.3 is 21.3 Å². The van der Waals surface area contributed by atoms with E-state index in [9.17, 15) is 15.0 Å². The summed E-state index contributed by atoms with van der Waals surface area (Å²) in [6.45, 7) is 3.76. The minimum absolute atomic E-state index is 0.0501. The lowest BCUT2D eigenvalue weighted by Crippen LogP contribution is -2.63. The number of nitrogens with one attached hydrogen (secondary N) is 1. The fraction of sp³-hybridized carbons (Fsp3) is 0.806. The van der Waals surface area contributed by atoms with E-state index in [1.165, 1.54) is 5.57 Å². The Morgan fingerprint density at radius 1 is 1.18 bits per heavy atom. The average Bonchev–Trinajstić information content (AvgIpc) is 3.17. The number of aliphatic hydroxyl groups excluding tert-OH is 2. The van der Waals surface area contributed by atoms with Gasteiger partial charge >= 0.3 is 0 Å². The zero-order valence-electron chi connectivity index (χ0n) is 23.3. The molecule has 5 N–H and O–H groups in total. The largest absolute Gasteiger partial charge is 0.396 e. The first-order valence-corrected chi connectivity index (χ1v) is 17.8. The number of carbonyl (C=O) groups excluding carboxylic acids is 1. The summed E-state index contributed by atoms with van der Waals surface area (Å²) in [5, 5.41) is 24.5. The Morgan fingerprint density at radius 2 is 2.05 bits per heavy atom. The van der Waals surface area contributed by atoms with E-state index in [4.69, 9.17) is 5.73 Å². The van der Waals surface area contributed by atoms with Crippen LogP contribution in [0.25, 0.3) is 0 Å². The van der Waals surface area contributed by atoms with Crippen LogP contribution in [0.15, 0.2) is 28.3 Å². The van der Waals surface area contributed by atoms with Gasteiger partial charge in [-0.1, -0.05) is 46.2 Å². The normalized spacial score (nSPS) is 48.4. The van der Waals surface area contributed by atoms with Crippen molar-refractivity contribution in [3.05, 3.63) is 23.3 Å². The lowest BCUT2D eigenvalue weighted by molar-refractivity contribution is -0.185. The van der Waals surface area contributed by atoms with E-state index in [1.807, 2.05) is 21.6 Å². The summed E-state index contributed by atoms with van der Waals surface area (Å²) in [7, 11) is 3.99. The predicted octanol–water partition coefficient (Wildman–Crippen LogP) is 4.47. The van der Waals surface area contributed by atoms with Crippen LogP contribution in [0.2, 0.25) is 0 Å². The maximum atomic E-state index is 14.5. The van der Waals surface area contributed by atoms with E-state index in [0.29, 0.717) is 29.5 Å². The van der Waals surface area contributed by atoms with Crippen molar-refractivity contribution in [2.75, 3.05) is 31.3 Å². The molecule has 214 valence electrons. The number of rotatable bonds is 4. The Hall–Kier alpha value is -0.960. The second-order valence-electron chi connectivity index (χ2n) is 14.0. The third kappa shape index (κ3) is 3.50. The van der Waals surface area contributed by atoms with Gasteiger partial charge in [-0.05, 0) is 104 Å². The molecule has 0 radical (unpaired) electrons. The van der Waals surface area contributed by atoms with Crippen molar-refractivity contribution >= 4 is 33.3 Å². The molecule has 3 saturated carbocycles. The van der Waals surface area contributed by atoms with Crippen LogP contribution in [0.4, 0.5) is 0 Å². The van der Waals surface area contributed by atoms with Crippen LogP contribution in [0.1, 0.15) is 71.1 Å². The van der Waals surface area contributed by atoms with Gasteiger partial charge in [0, 0.05) is 36.7 Å². The summed E-state index contributed by atoms with van der Waals surface area (Å²) in [5.74, 6) is 4.60. The van der Waals surface area contributed by atoms with Gasteiger partial charge in [0.1, 0.15) is 0 Å². The van der Waals surface area contributed by atoms with E-state index in [1.54, 1.807) is 5.57 Å². The molecule has 9 unspecified atom stereocenters. The Labute approximate surface area is 240 Å². The van der Waals surface area contributed by atoms with Crippen LogP contribution < -0.4 is 11.1 Å². The van der Waals surface area contributed by atoms with Gasteiger partial charge in [0.05, 0.1) is 11.5 Å². The number of nitrogens with zero attached hydrogens (tertiary/aromatic N) is 1. The summed E-state index contributed by atoms with van der Waals surface area (Å²) in [4.78, 5) is 18.9. The molecule has 5 aliphatic carbocycles. The monoisotopic (exact) mass is 571 g/mol. The third-order valence-electron chi connectivity index (χ3n) is 12.7. The molecular weight excluding hydrogens is 526 g/mol. The van der Waals surface area contributed by atoms with Crippen molar-refractivity contribution < 1.29 is 15.0 Å². The molecule has 0 aromatic heterocycles. The maximum Gasteiger partial charge on any atom is 0.189 e. The van der Waals surface area contributed by atoms with Crippen molar-refractivity contribution in [1.29, 1.82) is 0 Å². The van der Waals surface area contributed by atoms with Crippen molar-refractivity contribution in [3.8, 4) is 0 Å². The van der Waals surface area contributed by atoms with Crippen LogP contribution in [-0.2, 0) is 4.79 Å². The van der Waals surface area contributed by atoms with Crippen LogP contribution in [0.5, 0.6) is 0 Å². The summed E-state index contributed by atoms with van der Waals surface area (Å²) in [5.41, 5.74) is 8.62. The molecule has 0 aromatic carbocycles. The zero-order chi connectivity index (χ0) is 27.0. The number of hydrogen-bond acceptors (Lipinski definition) is 8. The Morgan fingerprint density at radius 3 is 2.85 bits per heavy atom. The number of carbonyl (C=O) groups is 1. The molecule has 2 heterocycles. The highest BCUT2D eigenvalue weighted by atomic mass is 33.1. The van der Waals surface area contributed by atoms with Gasteiger partial charge in [0.15, 0.2) is 11.7 Å². The Bertz CT molecular complexity index is 1140. The van der Waals surface area contributed by atoms with E-state index >= 15 is 0 Å². The predicted molar refractivity (Wildman–Crippen MR) is 159 cm³/mol.